The van der Waals surface area contributed by atoms with Crippen molar-refractivity contribution in [1.29, 1.82) is 0 Å². The van der Waals surface area contributed by atoms with Crippen molar-refractivity contribution in [3.63, 3.8) is 0 Å². The van der Waals surface area contributed by atoms with Crippen LogP contribution in [0.5, 0.6) is 0 Å². The summed E-state index contributed by atoms with van der Waals surface area (Å²) in [5.74, 6) is 0.878. The van der Waals surface area contributed by atoms with Crippen molar-refractivity contribution in [3.05, 3.63) is 0 Å². The smallest absolute Gasteiger partial charge is 0.0512 e. The lowest BCUT2D eigenvalue weighted by molar-refractivity contribution is 0.180. The van der Waals surface area contributed by atoms with E-state index in [4.69, 9.17) is 5.11 Å². The minimum Gasteiger partial charge on any atom is -0.393 e. The number of unbranched alkanes of at least 4 members (excludes halogenated alkanes) is 9. The second-order valence-electron chi connectivity index (χ2n) is 5.45. The summed E-state index contributed by atoms with van der Waals surface area (Å²) >= 11 is 0. The minimum absolute atomic E-state index is 0.123. The van der Waals surface area contributed by atoms with Crippen LogP contribution in [0.25, 0.3) is 0 Å². The molecule has 0 aromatic rings. The number of rotatable bonds is 13. The van der Waals surface area contributed by atoms with Crippen LogP contribution < -0.4 is 0 Å². The van der Waals surface area contributed by atoms with Crippen LogP contribution in [0.15, 0.2) is 0 Å². The third kappa shape index (κ3) is 16.1. The van der Waals surface area contributed by atoms with Gasteiger partial charge in [0, 0.05) is 22.8 Å². The Labute approximate surface area is 116 Å². The van der Waals surface area contributed by atoms with Gasteiger partial charge in [0.05, 0.1) is 6.10 Å². The first kappa shape index (κ1) is 18.1. The molecule has 0 radical (unpaired) electrons. The van der Waals surface area contributed by atoms with Gasteiger partial charge in [-0.1, -0.05) is 57.8 Å². The summed E-state index contributed by atoms with van der Waals surface area (Å²) in [6.07, 6.45) is 15.5. The minimum atomic E-state index is -0.601. The maximum absolute atomic E-state index is 10.8. The van der Waals surface area contributed by atoms with Gasteiger partial charge in [0.1, 0.15) is 0 Å². The molecule has 110 valence electrons. The van der Waals surface area contributed by atoms with E-state index in [9.17, 15) is 4.21 Å². The third-order valence-corrected chi connectivity index (χ3v) is 4.17. The fraction of sp³-hybridized carbons (Fsp3) is 1.00. The molecule has 2 atom stereocenters. The molecule has 0 spiro atoms. The van der Waals surface area contributed by atoms with Gasteiger partial charge in [0.25, 0.3) is 0 Å². The first-order valence-electron chi connectivity index (χ1n) is 7.61. The SMILES string of the molecule is CC(O)CCCCCCCCCCCCS(C)=O. The highest BCUT2D eigenvalue weighted by atomic mass is 32.2. The quantitative estimate of drug-likeness (QED) is 0.516. The van der Waals surface area contributed by atoms with Crippen LogP contribution in [-0.4, -0.2) is 27.4 Å². The van der Waals surface area contributed by atoms with Crippen LogP contribution in [0, 0.1) is 0 Å². The van der Waals surface area contributed by atoms with Gasteiger partial charge in [-0.05, 0) is 19.8 Å². The van der Waals surface area contributed by atoms with E-state index >= 15 is 0 Å². The van der Waals surface area contributed by atoms with Crippen LogP contribution >= 0.6 is 0 Å². The molecule has 2 unspecified atom stereocenters. The summed E-state index contributed by atoms with van der Waals surface area (Å²) in [5.41, 5.74) is 0. The topological polar surface area (TPSA) is 37.3 Å². The first-order valence-corrected chi connectivity index (χ1v) is 9.33. The zero-order valence-corrected chi connectivity index (χ0v) is 13.1. The third-order valence-electron chi connectivity index (χ3n) is 3.30. The van der Waals surface area contributed by atoms with E-state index in [-0.39, 0.29) is 6.10 Å². The number of hydrogen-bond donors (Lipinski definition) is 1. The summed E-state index contributed by atoms with van der Waals surface area (Å²) < 4.78 is 10.8. The van der Waals surface area contributed by atoms with E-state index < -0.39 is 10.8 Å². The van der Waals surface area contributed by atoms with E-state index in [0.717, 1.165) is 18.6 Å². The first-order chi connectivity index (χ1) is 8.63. The number of aliphatic hydroxyl groups is 1. The van der Waals surface area contributed by atoms with E-state index in [1.165, 1.54) is 57.8 Å². The average molecular weight is 276 g/mol. The molecule has 18 heavy (non-hydrogen) atoms. The molecule has 0 saturated heterocycles. The summed E-state index contributed by atoms with van der Waals surface area (Å²) in [6, 6.07) is 0. The lowest BCUT2D eigenvalue weighted by atomic mass is 10.1. The highest BCUT2D eigenvalue weighted by Gasteiger charge is 1.96. The molecule has 0 bridgehead atoms. The molecule has 0 heterocycles. The van der Waals surface area contributed by atoms with Gasteiger partial charge in [0.2, 0.25) is 0 Å². The van der Waals surface area contributed by atoms with Crippen molar-refractivity contribution >= 4 is 10.8 Å². The molecule has 0 fully saturated rings. The van der Waals surface area contributed by atoms with E-state index in [0.29, 0.717) is 0 Å². The fourth-order valence-electron chi connectivity index (χ4n) is 2.16. The van der Waals surface area contributed by atoms with Crippen LogP contribution in [0.3, 0.4) is 0 Å². The lowest BCUT2D eigenvalue weighted by Crippen LogP contribution is -1.98. The molecule has 3 heteroatoms. The monoisotopic (exact) mass is 276 g/mol. The molecule has 0 saturated carbocycles. The van der Waals surface area contributed by atoms with Gasteiger partial charge in [-0.15, -0.1) is 0 Å². The van der Waals surface area contributed by atoms with Gasteiger partial charge in [-0.25, -0.2) is 0 Å². The Morgan fingerprint density at radius 3 is 1.61 bits per heavy atom. The van der Waals surface area contributed by atoms with Gasteiger partial charge in [-0.2, -0.15) is 0 Å². The lowest BCUT2D eigenvalue weighted by Gasteiger charge is -2.04. The Balaban J connectivity index is 2.97. The van der Waals surface area contributed by atoms with Gasteiger partial charge in [0.15, 0.2) is 0 Å². The molecule has 0 amide bonds. The highest BCUT2D eigenvalue weighted by Crippen LogP contribution is 2.12. The van der Waals surface area contributed by atoms with Crippen LogP contribution in [0.2, 0.25) is 0 Å². The van der Waals surface area contributed by atoms with E-state index in [1.807, 2.05) is 6.92 Å². The summed E-state index contributed by atoms with van der Waals surface area (Å²) in [7, 11) is -0.601. The van der Waals surface area contributed by atoms with Crippen molar-refractivity contribution in [3.8, 4) is 0 Å². The molecule has 0 aromatic heterocycles. The molecule has 0 aliphatic heterocycles. The Kier molecular flexibility index (Phi) is 13.6. The Morgan fingerprint density at radius 2 is 1.22 bits per heavy atom. The van der Waals surface area contributed by atoms with Crippen molar-refractivity contribution in [2.45, 2.75) is 83.7 Å². The molecule has 0 aromatic carbocycles. The van der Waals surface area contributed by atoms with Crippen molar-refractivity contribution in [2.75, 3.05) is 12.0 Å². The zero-order valence-electron chi connectivity index (χ0n) is 12.3. The molecular formula is C15H32O2S. The van der Waals surface area contributed by atoms with Gasteiger partial charge in [-0.3, -0.25) is 4.21 Å². The molecule has 0 aliphatic carbocycles. The van der Waals surface area contributed by atoms with Crippen molar-refractivity contribution in [1.82, 2.24) is 0 Å². The second kappa shape index (κ2) is 13.5. The van der Waals surface area contributed by atoms with Crippen LogP contribution in [0.4, 0.5) is 0 Å². The molecule has 0 rings (SSSR count). The normalized spacial score (nSPS) is 14.6. The summed E-state index contributed by atoms with van der Waals surface area (Å²) in [5, 5.41) is 9.11. The largest absolute Gasteiger partial charge is 0.393 e. The summed E-state index contributed by atoms with van der Waals surface area (Å²) in [6.45, 7) is 1.87. The maximum atomic E-state index is 10.8. The average Bonchev–Trinajstić information content (AvgIpc) is 2.29. The Bertz CT molecular complexity index is 193. The zero-order chi connectivity index (χ0) is 13.6. The predicted octanol–water partition coefficient (Wildman–Crippen LogP) is 4.04. The van der Waals surface area contributed by atoms with Gasteiger partial charge >= 0.3 is 0 Å². The highest BCUT2D eigenvalue weighted by molar-refractivity contribution is 7.84. The Hall–Kier alpha value is 0.110. The Morgan fingerprint density at radius 1 is 0.833 bits per heavy atom. The molecule has 2 nitrogen and oxygen atoms in total. The van der Waals surface area contributed by atoms with Crippen LogP contribution in [-0.2, 0) is 10.8 Å². The number of hydrogen-bond acceptors (Lipinski definition) is 2. The fourth-order valence-corrected chi connectivity index (χ4v) is 2.77. The van der Waals surface area contributed by atoms with Crippen LogP contribution in [0.1, 0.15) is 77.6 Å². The molecule has 0 aliphatic rings. The number of aliphatic hydroxyl groups excluding tert-OH is 1. The predicted molar refractivity (Wildman–Crippen MR) is 81.4 cm³/mol. The van der Waals surface area contributed by atoms with Gasteiger partial charge < -0.3 is 5.11 Å². The van der Waals surface area contributed by atoms with Crippen molar-refractivity contribution in [2.24, 2.45) is 0 Å². The maximum Gasteiger partial charge on any atom is 0.0512 e. The summed E-state index contributed by atoms with van der Waals surface area (Å²) in [4.78, 5) is 0. The van der Waals surface area contributed by atoms with E-state index in [1.54, 1.807) is 6.26 Å². The molecule has 1 N–H and O–H groups in total. The van der Waals surface area contributed by atoms with E-state index in [2.05, 4.69) is 0 Å². The standard InChI is InChI=1S/C15H32O2S/c1-15(16)13-11-9-7-5-3-4-6-8-10-12-14-18(2)17/h15-16H,3-14H2,1-2H3. The second-order valence-corrected chi connectivity index (χ2v) is 7.01. The van der Waals surface area contributed by atoms with Crippen molar-refractivity contribution < 1.29 is 9.32 Å². The molecular weight excluding hydrogens is 244 g/mol.